The van der Waals surface area contributed by atoms with Gasteiger partial charge in [0.25, 0.3) is 0 Å². The number of nitrogens with one attached hydrogen (secondary N) is 1. The Labute approximate surface area is 387 Å². The van der Waals surface area contributed by atoms with Crippen molar-refractivity contribution in [1.82, 2.24) is 5.32 Å². The van der Waals surface area contributed by atoms with E-state index in [1.807, 2.05) is 0 Å². The Kier molecular flexibility index (Phi) is 37.4. The number of phosphoric acid groups is 1. The number of carbonyl (C=O) groups is 1. The molecule has 13 nitrogen and oxygen atoms in total. The van der Waals surface area contributed by atoms with Crippen LogP contribution in [0.4, 0.5) is 0 Å². The Bertz CT molecular complexity index is 1240. The molecule has 8 atom stereocenters. The lowest BCUT2D eigenvalue weighted by atomic mass is 9.85. The number of rotatable bonds is 42. The third kappa shape index (κ3) is 30.7. The van der Waals surface area contributed by atoms with E-state index in [4.69, 9.17) is 9.05 Å². The van der Waals surface area contributed by atoms with Crippen LogP contribution in [0.25, 0.3) is 0 Å². The molecule has 376 valence electrons. The van der Waals surface area contributed by atoms with Crippen LogP contribution in [0.2, 0.25) is 0 Å². The summed E-state index contributed by atoms with van der Waals surface area (Å²) < 4.78 is 22.9. The number of allylic oxidation sites excluding steroid dienone is 5. The highest BCUT2D eigenvalue weighted by Gasteiger charge is 2.51. The van der Waals surface area contributed by atoms with Crippen LogP contribution in [0.3, 0.4) is 0 Å². The summed E-state index contributed by atoms with van der Waals surface area (Å²) in [6, 6.07) is -1.26. The largest absolute Gasteiger partial charge is 0.472 e. The van der Waals surface area contributed by atoms with Gasteiger partial charge in [0.05, 0.1) is 31.3 Å². The van der Waals surface area contributed by atoms with Crippen LogP contribution < -0.4 is 5.32 Å². The number of hydrogen-bond acceptors (Lipinski definition) is 11. The van der Waals surface area contributed by atoms with Gasteiger partial charge in [0.15, 0.2) is 0 Å². The fourth-order valence-electron chi connectivity index (χ4n) is 8.02. The summed E-state index contributed by atoms with van der Waals surface area (Å²) in [4.78, 5) is 23.5. The van der Waals surface area contributed by atoms with Crippen molar-refractivity contribution >= 4 is 13.7 Å². The molecule has 0 aromatic carbocycles. The first-order valence-electron chi connectivity index (χ1n) is 25.5. The molecule has 0 radical (unpaired) electrons. The van der Waals surface area contributed by atoms with Crippen LogP contribution in [0.1, 0.15) is 213 Å². The zero-order chi connectivity index (χ0) is 47.3. The van der Waals surface area contributed by atoms with Crippen molar-refractivity contribution in [3.05, 3.63) is 36.5 Å². The van der Waals surface area contributed by atoms with Crippen LogP contribution in [0.5, 0.6) is 0 Å². The van der Waals surface area contributed by atoms with Crippen molar-refractivity contribution in [2.45, 2.75) is 268 Å². The molecule has 1 saturated carbocycles. The number of carbonyl (C=O) groups excluding carboxylic acids is 1. The van der Waals surface area contributed by atoms with Crippen LogP contribution in [0, 0.1) is 0 Å². The predicted molar refractivity (Wildman–Crippen MR) is 257 cm³/mol. The van der Waals surface area contributed by atoms with Gasteiger partial charge in [-0.15, -0.1) is 0 Å². The first-order valence-corrected chi connectivity index (χ1v) is 27.0. The van der Waals surface area contributed by atoms with Crippen molar-refractivity contribution in [1.29, 1.82) is 0 Å². The van der Waals surface area contributed by atoms with E-state index >= 15 is 0 Å². The number of phosphoric ester groups is 1. The van der Waals surface area contributed by atoms with Gasteiger partial charge >= 0.3 is 7.82 Å². The average Bonchev–Trinajstić information content (AvgIpc) is 3.27. The highest BCUT2D eigenvalue weighted by atomic mass is 31.2. The van der Waals surface area contributed by atoms with E-state index in [0.29, 0.717) is 12.8 Å². The molecule has 1 amide bonds. The molecule has 0 aliphatic heterocycles. The maximum Gasteiger partial charge on any atom is 0.472 e. The standard InChI is InChI=1S/C50H94NO12P/c1-3-5-7-9-11-13-15-17-19-21-22-23-25-27-29-31-33-35-37-41(52)39-44(54)51-42(40-62-64(60,61)63-50-48(58)46(56)45(55)47(57)49(50)59)43(53)38-36-34-32-30-28-26-24-20-18-16-14-12-10-8-6-4-2/h22-23,28,30,36,38,41-43,45-50,52-53,55-59H,3-21,24-27,29,31-35,37,39-40H2,1-2H3,(H,51,54)(H,60,61)/b23-22-,30-28+,38-36+. The zero-order valence-corrected chi connectivity index (χ0v) is 40.8. The maximum atomic E-state index is 13.0. The van der Waals surface area contributed by atoms with Gasteiger partial charge in [-0.2, -0.15) is 0 Å². The predicted octanol–water partition coefficient (Wildman–Crippen LogP) is 9.31. The lowest BCUT2D eigenvalue weighted by Crippen LogP contribution is -2.64. The molecule has 14 heteroatoms. The smallest absolute Gasteiger partial charge is 0.393 e. The Balaban J connectivity index is 2.52. The number of amides is 1. The molecule has 0 spiro atoms. The molecule has 0 saturated heterocycles. The van der Waals surface area contributed by atoms with Gasteiger partial charge in [0.1, 0.15) is 36.6 Å². The van der Waals surface area contributed by atoms with E-state index in [1.165, 1.54) is 122 Å². The quantitative estimate of drug-likeness (QED) is 0.0159. The van der Waals surface area contributed by atoms with Crippen molar-refractivity contribution in [2.24, 2.45) is 0 Å². The highest BCUT2D eigenvalue weighted by Crippen LogP contribution is 2.47. The molecule has 0 aromatic heterocycles. The monoisotopic (exact) mass is 932 g/mol. The lowest BCUT2D eigenvalue weighted by molar-refractivity contribution is -0.220. The molecule has 1 fully saturated rings. The Morgan fingerprint density at radius 3 is 1.38 bits per heavy atom. The fraction of sp³-hybridized carbons (Fsp3) is 0.860. The normalized spacial score (nSPS) is 23.0. The van der Waals surface area contributed by atoms with Gasteiger partial charge in [-0.25, -0.2) is 4.57 Å². The van der Waals surface area contributed by atoms with Crippen LogP contribution in [-0.2, 0) is 18.4 Å². The molecule has 1 aliphatic rings. The molecular formula is C50H94NO12P. The minimum absolute atomic E-state index is 0.258. The van der Waals surface area contributed by atoms with Crippen molar-refractivity contribution in [3.63, 3.8) is 0 Å². The topological polar surface area (TPSA) is 226 Å². The van der Waals surface area contributed by atoms with E-state index in [9.17, 15) is 50.0 Å². The molecule has 9 N–H and O–H groups in total. The minimum atomic E-state index is -5.15. The van der Waals surface area contributed by atoms with Crippen LogP contribution in [-0.4, -0.2) is 108 Å². The van der Waals surface area contributed by atoms with Crippen LogP contribution in [0.15, 0.2) is 36.5 Å². The van der Waals surface area contributed by atoms with Crippen LogP contribution >= 0.6 is 7.82 Å². The third-order valence-electron chi connectivity index (χ3n) is 12.2. The first-order chi connectivity index (χ1) is 30.8. The van der Waals surface area contributed by atoms with Crippen molar-refractivity contribution in [2.75, 3.05) is 6.61 Å². The lowest BCUT2D eigenvalue weighted by Gasteiger charge is -2.41. The van der Waals surface area contributed by atoms with Gasteiger partial charge < -0.3 is 46.0 Å². The Hall–Kier alpha value is -1.48. The summed E-state index contributed by atoms with van der Waals surface area (Å²) in [6.45, 7) is 3.74. The molecule has 8 unspecified atom stereocenters. The Morgan fingerprint density at radius 2 is 0.922 bits per heavy atom. The van der Waals surface area contributed by atoms with Gasteiger partial charge in [0, 0.05) is 0 Å². The fourth-order valence-corrected chi connectivity index (χ4v) is 8.98. The van der Waals surface area contributed by atoms with Crippen molar-refractivity contribution in [3.8, 4) is 0 Å². The summed E-state index contributed by atoms with van der Waals surface area (Å²) in [5.41, 5.74) is 0. The van der Waals surface area contributed by atoms with Gasteiger partial charge in [0.2, 0.25) is 5.91 Å². The average molecular weight is 932 g/mol. The number of hydrogen-bond donors (Lipinski definition) is 9. The summed E-state index contributed by atoms with van der Waals surface area (Å²) in [5.74, 6) is -0.607. The SMILES string of the molecule is CCCCCCCCCCC/C=C\CCCCCCCC(O)CC(=O)NC(COP(=O)(O)OC1C(O)C(O)C(O)C(O)C1O)C(O)/C=C/CC/C=C/CCCCCCCCCCCC. The van der Waals surface area contributed by atoms with E-state index in [0.717, 1.165) is 64.2 Å². The minimum Gasteiger partial charge on any atom is -0.393 e. The highest BCUT2D eigenvalue weighted by molar-refractivity contribution is 7.47. The summed E-state index contributed by atoms with van der Waals surface area (Å²) in [5, 5.41) is 74.6. The second kappa shape index (κ2) is 39.5. The molecule has 1 rings (SSSR count). The second-order valence-corrected chi connectivity index (χ2v) is 19.6. The summed E-state index contributed by atoms with van der Waals surface area (Å²) >= 11 is 0. The zero-order valence-electron chi connectivity index (χ0n) is 39.9. The number of aliphatic hydroxyl groups excluding tert-OH is 7. The van der Waals surface area contributed by atoms with E-state index in [-0.39, 0.29) is 6.42 Å². The second-order valence-electron chi connectivity index (χ2n) is 18.2. The molecule has 64 heavy (non-hydrogen) atoms. The first kappa shape index (κ1) is 60.5. The van der Waals surface area contributed by atoms with Crippen molar-refractivity contribution < 1.29 is 59.0 Å². The number of unbranched alkanes of at least 4 members (excludes halogenated alkanes) is 25. The molecule has 1 aliphatic carbocycles. The number of aliphatic hydroxyl groups is 7. The molecule has 0 aromatic rings. The van der Waals surface area contributed by atoms with Gasteiger partial charge in [-0.05, 0) is 57.8 Å². The van der Waals surface area contributed by atoms with Gasteiger partial charge in [-0.1, -0.05) is 185 Å². The molecular weight excluding hydrogens is 838 g/mol. The van der Waals surface area contributed by atoms with Gasteiger partial charge in [-0.3, -0.25) is 13.8 Å². The van der Waals surface area contributed by atoms with E-state index < -0.39 is 75.2 Å². The van der Waals surface area contributed by atoms with E-state index in [2.05, 4.69) is 43.5 Å². The maximum absolute atomic E-state index is 13.0. The summed E-state index contributed by atoms with van der Waals surface area (Å²) in [7, 11) is -5.15. The summed E-state index contributed by atoms with van der Waals surface area (Å²) in [6.07, 6.45) is 32.3. The molecule has 0 heterocycles. The Morgan fingerprint density at radius 1 is 0.547 bits per heavy atom. The van der Waals surface area contributed by atoms with E-state index in [1.54, 1.807) is 6.08 Å². The third-order valence-corrected chi connectivity index (χ3v) is 13.2. The molecule has 0 bridgehead atoms.